The van der Waals surface area contributed by atoms with E-state index in [1.54, 1.807) is 12.4 Å². The Kier molecular flexibility index (Phi) is 4.80. The van der Waals surface area contributed by atoms with Crippen molar-refractivity contribution in [1.29, 1.82) is 0 Å². The Morgan fingerprint density at radius 3 is 2.65 bits per heavy atom. The maximum absolute atomic E-state index is 10.6. The number of hydrogen-bond donors (Lipinski definition) is 3. The molecule has 2 aliphatic rings. The third kappa shape index (κ3) is 3.82. The van der Waals surface area contributed by atoms with Crippen molar-refractivity contribution in [3.05, 3.63) is 12.4 Å². The average Bonchev–Trinajstić information content (AvgIpc) is 2.53. The summed E-state index contributed by atoms with van der Waals surface area (Å²) in [4.78, 5) is 21.4. The van der Waals surface area contributed by atoms with E-state index < -0.39 is 6.09 Å². The fourth-order valence-corrected chi connectivity index (χ4v) is 3.06. The zero-order valence-corrected chi connectivity index (χ0v) is 12.9. The van der Waals surface area contributed by atoms with Gasteiger partial charge in [0.25, 0.3) is 5.88 Å². The molecule has 2 heterocycles. The Morgan fingerprint density at radius 1 is 1.30 bits per heavy atom. The number of piperidine rings is 1. The number of nitrogens with zero attached hydrogens (tertiary/aromatic N) is 3. The summed E-state index contributed by atoms with van der Waals surface area (Å²) in [6.07, 6.45) is 5.38. The highest BCUT2D eigenvalue weighted by atomic mass is 16.5. The molecule has 1 aliphatic heterocycles. The Hall–Kier alpha value is -2.09. The second kappa shape index (κ2) is 6.99. The Balaban J connectivity index is 1.58. The Bertz CT molecular complexity index is 542. The molecule has 0 radical (unpaired) electrons. The number of rotatable bonds is 5. The summed E-state index contributed by atoms with van der Waals surface area (Å²) in [5, 5.41) is 20.4. The van der Waals surface area contributed by atoms with Crippen LogP contribution in [0.5, 0.6) is 5.88 Å². The van der Waals surface area contributed by atoms with Crippen LogP contribution in [0.15, 0.2) is 12.4 Å². The molecule has 1 saturated carbocycles. The largest absolute Gasteiger partial charge is 0.472 e. The minimum absolute atomic E-state index is 0.0303. The molecule has 0 unspecified atom stereocenters. The molecule has 0 spiro atoms. The van der Waals surface area contributed by atoms with E-state index >= 15 is 0 Å². The van der Waals surface area contributed by atoms with Crippen LogP contribution < -0.4 is 15.0 Å². The third-order valence-corrected chi connectivity index (χ3v) is 4.52. The minimum Gasteiger partial charge on any atom is -0.472 e. The molecular formula is C15H22N4O4. The summed E-state index contributed by atoms with van der Waals surface area (Å²) in [6.45, 7) is 1.89. The van der Waals surface area contributed by atoms with E-state index in [4.69, 9.17) is 9.84 Å². The molecule has 23 heavy (non-hydrogen) atoms. The first kappa shape index (κ1) is 15.8. The van der Waals surface area contributed by atoms with E-state index in [2.05, 4.69) is 20.2 Å². The smallest absolute Gasteiger partial charge is 0.404 e. The van der Waals surface area contributed by atoms with E-state index in [0.29, 0.717) is 24.6 Å². The van der Waals surface area contributed by atoms with Crippen LogP contribution in [-0.4, -0.2) is 58.1 Å². The van der Waals surface area contributed by atoms with Crippen molar-refractivity contribution in [2.45, 2.75) is 37.8 Å². The van der Waals surface area contributed by atoms with Crippen LogP contribution in [0, 0.1) is 5.92 Å². The van der Waals surface area contributed by atoms with Crippen molar-refractivity contribution >= 4 is 11.9 Å². The molecule has 2 fully saturated rings. The van der Waals surface area contributed by atoms with Gasteiger partial charge in [0, 0.05) is 51.0 Å². The number of anilines is 1. The van der Waals surface area contributed by atoms with E-state index in [1.165, 1.54) is 0 Å². The summed E-state index contributed by atoms with van der Waals surface area (Å²) >= 11 is 0. The Labute approximate surface area is 134 Å². The van der Waals surface area contributed by atoms with Gasteiger partial charge in [-0.2, -0.15) is 0 Å². The van der Waals surface area contributed by atoms with Crippen LogP contribution in [0.2, 0.25) is 0 Å². The van der Waals surface area contributed by atoms with Crippen LogP contribution in [0.25, 0.3) is 0 Å². The van der Waals surface area contributed by atoms with Gasteiger partial charge in [-0.15, -0.1) is 0 Å². The number of aliphatic hydroxyl groups is 1. The lowest BCUT2D eigenvalue weighted by Crippen LogP contribution is -2.48. The van der Waals surface area contributed by atoms with E-state index in [1.807, 2.05) is 0 Å². The quantitative estimate of drug-likeness (QED) is 0.738. The number of hydrogen-bond acceptors (Lipinski definition) is 6. The highest BCUT2D eigenvalue weighted by Crippen LogP contribution is 2.31. The number of carbonyl (C=O) groups is 1. The number of carboxylic acid groups (broad SMARTS) is 1. The van der Waals surface area contributed by atoms with Gasteiger partial charge in [0.2, 0.25) is 0 Å². The summed E-state index contributed by atoms with van der Waals surface area (Å²) in [6, 6.07) is -0.0436. The van der Waals surface area contributed by atoms with Gasteiger partial charge in [0.1, 0.15) is 6.10 Å². The molecule has 1 aromatic heterocycles. The fourth-order valence-electron chi connectivity index (χ4n) is 3.06. The summed E-state index contributed by atoms with van der Waals surface area (Å²) in [5.74, 6) is 1.61. The number of ether oxygens (including phenoxy) is 1. The number of aliphatic hydroxyl groups excluding tert-OH is 1. The third-order valence-electron chi connectivity index (χ3n) is 4.52. The predicted molar refractivity (Wildman–Crippen MR) is 82.7 cm³/mol. The molecule has 1 aromatic rings. The summed E-state index contributed by atoms with van der Waals surface area (Å²) in [5.41, 5.74) is 0. The van der Waals surface area contributed by atoms with E-state index in [-0.39, 0.29) is 18.8 Å². The second-order valence-corrected chi connectivity index (χ2v) is 6.16. The second-order valence-electron chi connectivity index (χ2n) is 6.16. The maximum atomic E-state index is 10.6. The lowest BCUT2D eigenvalue weighted by Gasteiger charge is -2.36. The fraction of sp³-hybridized carbons (Fsp3) is 0.667. The molecular weight excluding hydrogens is 300 g/mol. The number of nitrogens with one attached hydrogen (secondary N) is 1. The van der Waals surface area contributed by atoms with Crippen molar-refractivity contribution in [2.75, 3.05) is 24.6 Å². The van der Waals surface area contributed by atoms with Gasteiger partial charge >= 0.3 is 6.09 Å². The molecule has 3 N–H and O–H groups in total. The maximum Gasteiger partial charge on any atom is 0.404 e. The minimum atomic E-state index is -1.000. The summed E-state index contributed by atoms with van der Waals surface area (Å²) < 4.78 is 5.90. The molecule has 3 rings (SSSR count). The molecule has 1 aliphatic carbocycles. The average molecular weight is 322 g/mol. The van der Waals surface area contributed by atoms with Crippen LogP contribution in [-0.2, 0) is 0 Å². The number of amides is 1. The van der Waals surface area contributed by atoms with Gasteiger partial charge in [0.05, 0.1) is 0 Å². The number of aromatic nitrogens is 2. The van der Waals surface area contributed by atoms with Gasteiger partial charge < -0.3 is 25.2 Å². The van der Waals surface area contributed by atoms with Crippen LogP contribution >= 0.6 is 0 Å². The van der Waals surface area contributed by atoms with Gasteiger partial charge in [0.15, 0.2) is 5.82 Å². The van der Waals surface area contributed by atoms with E-state index in [0.717, 1.165) is 31.7 Å². The Morgan fingerprint density at radius 2 is 2.00 bits per heavy atom. The molecule has 0 aromatic carbocycles. The predicted octanol–water partition coefficient (Wildman–Crippen LogP) is 0.863. The normalized spacial score (nSPS) is 24.8. The van der Waals surface area contributed by atoms with Crippen molar-refractivity contribution in [3.63, 3.8) is 0 Å². The zero-order valence-electron chi connectivity index (χ0n) is 12.9. The van der Waals surface area contributed by atoms with Crippen LogP contribution in [0.4, 0.5) is 10.6 Å². The van der Waals surface area contributed by atoms with Crippen molar-refractivity contribution in [1.82, 2.24) is 15.3 Å². The van der Waals surface area contributed by atoms with Crippen LogP contribution in [0.1, 0.15) is 25.7 Å². The molecule has 8 nitrogen and oxygen atoms in total. The lowest BCUT2D eigenvalue weighted by atomic mass is 9.89. The van der Waals surface area contributed by atoms with Crippen LogP contribution in [0.3, 0.4) is 0 Å². The lowest BCUT2D eigenvalue weighted by molar-refractivity contribution is 0.0792. The topological polar surface area (TPSA) is 108 Å². The van der Waals surface area contributed by atoms with Gasteiger partial charge in [-0.1, -0.05) is 0 Å². The molecule has 0 bridgehead atoms. The first-order valence-corrected chi connectivity index (χ1v) is 7.98. The first-order chi connectivity index (χ1) is 11.2. The van der Waals surface area contributed by atoms with Gasteiger partial charge in [-0.3, -0.25) is 0 Å². The first-order valence-electron chi connectivity index (χ1n) is 7.98. The van der Waals surface area contributed by atoms with Gasteiger partial charge in [-0.05, 0) is 18.8 Å². The highest BCUT2D eigenvalue weighted by Gasteiger charge is 2.33. The molecule has 8 heteroatoms. The molecule has 0 atom stereocenters. The van der Waals surface area contributed by atoms with Crippen molar-refractivity contribution < 1.29 is 19.7 Å². The highest BCUT2D eigenvalue weighted by molar-refractivity contribution is 5.65. The molecule has 1 amide bonds. The standard InChI is InChI=1S/C15H22N4O4/c20-9-10-1-5-19(6-2-10)13-14(17-4-3-16-13)23-12-7-11(8-12)18-15(21)22/h3-4,10-12,18,20H,1-2,5-9H2,(H,21,22). The van der Waals surface area contributed by atoms with Gasteiger partial charge in [-0.25, -0.2) is 14.8 Å². The van der Waals surface area contributed by atoms with Crippen molar-refractivity contribution in [2.24, 2.45) is 5.92 Å². The van der Waals surface area contributed by atoms with Crippen molar-refractivity contribution in [3.8, 4) is 5.88 Å². The summed E-state index contributed by atoms with van der Waals surface area (Å²) in [7, 11) is 0. The monoisotopic (exact) mass is 322 g/mol. The molecule has 126 valence electrons. The SMILES string of the molecule is O=C(O)NC1CC(Oc2nccnc2N2CCC(CO)CC2)C1. The van der Waals surface area contributed by atoms with E-state index in [9.17, 15) is 9.90 Å². The zero-order chi connectivity index (χ0) is 16.2. The molecule has 1 saturated heterocycles.